The third kappa shape index (κ3) is 64.6. The molecule has 0 saturated carbocycles. The van der Waals surface area contributed by atoms with Gasteiger partial charge in [-0.3, -0.25) is 0 Å². The predicted molar refractivity (Wildman–Crippen MR) is 45.3 cm³/mol. The molecule has 5 heteroatoms. The molecule has 0 atom stereocenters. The maximum absolute atomic E-state index is 7.57. The molecule has 0 bridgehead atoms. The van der Waals surface area contributed by atoms with Gasteiger partial charge in [0, 0.05) is 6.61 Å². The molecule has 0 aliphatic heterocycles. The Kier molecular flexibility index (Phi) is 18.9. The number of hydrogen-bond acceptors (Lipinski definition) is 1. The molecule has 0 saturated heterocycles. The van der Waals surface area contributed by atoms with Gasteiger partial charge in [-0.05, 0) is 6.92 Å². The van der Waals surface area contributed by atoms with Crippen molar-refractivity contribution in [2.45, 2.75) is 6.92 Å². The second-order valence-corrected chi connectivity index (χ2v) is 35.0. The molecule has 0 spiro atoms. The van der Waals surface area contributed by atoms with Gasteiger partial charge in [0.15, 0.2) is 0 Å². The quantitative estimate of drug-likeness (QED) is 0.610. The van der Waals surface area contributed by atoms with E-state index in [1.54, 1.807) is 6.92 Å². The van der Waals surface area contributed by atoms with Crippen LogP contribution in [0.5, 0.6) is 0 Å². The summed E-state index contributed by atoms with van der Waals surface area (Å²) in [6.45, 7) is 1.93. The van der Waals surface area contributed by atoms with Crippen LogP contribution in [0.4, 0.5) is 0 Å². The van der Waals surface area contributed by atoms with E-state index in [0.717, 1.165) is 0 Å². The van der Waals surface area contributed by atoms with E-state index in [1.807, 2.05) is 0 Å². The summed E-state index contributed by atoms with van der Waals surface area (Å²) in [4.78, 5) is 0. The van der Waals surface area contributed by atoms with Gasteiger partial charge in [-0.1, -0.05) is 0 Å². The molecular weight excluding hydrogens is 401 g/mol. The molecule has 0 aliphatic carbocycles. The van der Waals surface area contributed by atoms with Crippen LogP contribution in [0.2, 0.25) is 0 Å². The molecule has 0 aromatic rings. The van der Waals surface area contributed by atoms with E-state index in [4.69, 9.17) is 5.11 Å². The van der Waals surface area contributed by atoms with Crippen LogP contribution < -0.4 is 0 Å². The number of aliphatic hydroxyl groups excluding tert-OH is 1. The molecule has 46 valence electrons. The Labute approximate surface area is 68.9 Å². The van der Waals surface area contributed by atoms with Crippen molar-refractivity contribution in [1.82, 2.24) is 0 Å². The van der Waals surface area contributed by atoms with Crippen LogP contribution in [0.1, 0.15) is 6.92 Å². The van der Waals surface area contributed by atoms with E-state index in [0.29, 0.717) is 0 Å². The van der Waals surface area contributed by atoms with Gasteiger partial charge in [-0.15, -0.1) is 0 Å². The Bertz CT molecular complexity index is 24.1. The van der Waals surface area contributed by atoms with Crippen molar-refractivity contribution in [2.24, 2.45) is 0 Å². The van der Waals surface area contributed by atoms with E-state index in [9.17, 15) is 0 Å². The van der Waals surface area contributed by atoms with Gasteiger partial charge in [0.1, 0.15) is 0 Å². The van der Waals surface area contributed by atoms with Gasteiger partial charge in [-0.2, -0.15) is 0 Å². The summed E-state index contributed by atoms with van der Waals surface area (Å²) >= 11 is 8.85. The summed E-state index contributed by atoms with van der Waals surface area (Å²) in [7, 11) is 0. The molecule has 7 heavy (non-hydrogen) atoms. The van der Waals surface area contributed by atoms with Crippen LogP contribution in [-0.4, -0.2) is 25.2 Å². The third-order valence-corrected chi connectivity index (χ3v) is 0. The zero-order chi connectivity index (χ0) is 6.28. The summed E-state index contributed by atoms with van der Waals surface area (Å²) < 4.78 is 0. The van der Waals surface area contributed by atoms with Crippen LogP contribution in [0.3, 0.4) is 0 Å². The van der Waals surface area contributed by atoms with Crippen LogP contribution >= 0.6 is 37.8 Å². The summed E-state index contributed by atoms with van der Waals surface area (Å²) in [5.41, 5.74) is 0. The predicted octanol–water partition coefficient (Wildman–Crippen LogP) is 2.15. The van der Waals surface area contributed by atoms with Gasteiger partial charge < -0.3 is 5.11 Å². The van der Waals surface area contributed by atoms with Crippen LogP contribution in [-0.2, 0) is 0 Å². The fraction of sp³-hybridized carbons (Fsp3) is 1.00. The third-order valence-electron chi connectivity index (χ3n) is 0. The standard InChI is InChI=1S/C2H6O.3BrH.Sb/c1-2-3;;;;/h3H,2H2,1H3;3*1H;/q;;;;+3/p-3. The van der Waals surface area contributed by atoms with E-state index in [-0.39, 0.29) is 6.61 Å². The zero-order valence-corrected chi connectivity index (χ0v) is 11.0. The average molecular weight is 408 g/mol. The monoisotopic (exact) mass is 404 g/mol. The van der Waals surface area contributed by atoms with Gasteiger partial charge in [0.05, 0.1) is 0 Å². The minimum atomic E-state index is -1.01. The van der Waals surface area contributed by atoms with Gasteiger partial charge in [-0.25, -0.2) is 0 Å². The molecule has 0 rings (SSSR count). The van der Waals surface area contributed by atoms with Crippen molar-refractivity contribution in [3.8, 4) is 0 Å². The van der Waals surface area contributed by atoms with Gasteiger partial charge >= 0.3 is 51.2 Å². The van der Waals surface area contributed by atoms with Crippen LogP contribution in [0.15, 0.2) is 0 Å². The van der Waals surface area contributed by atoms with E-state index >= 15 is 0 Å². The summed E-state index contributed by atoms with van der Waals surface area (Å²) in [5.74, 6) is 0. The van der Waals surface area contributed by atoms with Crippen LogP contribution in [0, 0.1) is 0 Å². The first-order chi connectivity index (χ1) is 3.15. The molecule has 0 aromatic carbocycles. The summed E-state index contributed by atoms with van der Waals surface area (Å²) in [5, 5.41) is 7.57. The van der Waals surface area contributed by atoms with Crippen molar-refractivity contribution in [3.63, 3.8) is 0 Å². The van der Waals surface area contributed by atoms with E-state index in [1.165, 1.54) is 0 Å². The molecular formula is C2H6Br3OSb. The first-order valence-corrected chi connectivity index (χ1v) is 18.7. The van der Waals surface area contributed by atoms with Crippen molar-refractivity contribution in [2.75, 3.05) is 6.61 Å². The maximum atomic E-state index is 7.57. The summed E-state index contributed by atoms with van der Waals surface area (Å²) in [6, 6.07) is 0. The second-order valence-electron chi connectivity index (χ2n) is 0.508. The molecule has 1 nitrogen and oxygen atoms in total. The Hall–Kier alpha value is 2.22. The Morgan fingerprint density at radius 2 is 1.43 bits per heavy atom. The molecule has 0 heterocycles. The van der Waals surface area contributed by atoms with Crippen molar-refractivity contribution in [3.05, 3.63) is 0 Å². The van der Waals surface area contributed by atoms with E-state index in [2.05, 4.69) is 37.8 Å². The molecule has 0 unspecified atom stereocenters. The molecule has 1 N–H and O–H groups in total. The summed E-state index contributed by atoms with van der Waals surface area (Å²) in [6.07, 6.45) is 0. The molecule has 0 fully saturated rings. The molecule has 0 radical (unpaired) electrons. The Morgan fingerprint density at radius 3 is 1.43 bits per heavy atom. The zero-order valence-electron chi connectivity index (χ0n) is 3.74. The van der Waals surface area contributed by atoms with Crippen LogP contribution in [0.25, 0.3) is 0 Å². The minimum absolute atomic E-state index is 0.250. The topological polar surface area (TPSA) is 20.2 Å². The molecule has 0 amide bonds. The van der Waals surface area contributed by atoms with Crippen molar-refractivity contribution in [1.29, 1.82) is 0 Å². The number of aliphatic hydroxyl groups is 1. The fourth-order valence-corrected chi connectivity index (χ4v) is 0. The first-order valence-electron chi connectivity index (χ1n) is 1.53. The van der Waals surface area contributed by atoms with Crippen molar-refractivity contribution >= 4 is 51.2 Å². The average Bonchev–Trinajstić information content (AvgIpc) is 1.33. The SMILES string of the molecule is CCO.[Br][Sb]([Br])[Br]. The number of halogens is 3. The first kappa shape index (κ1) is 11.9. The van der Waals surface area contributed by atoms with E-state index < -0.39 is 13.5 Å². The van der Waals surface area contributed by atoms with Crippen molar-refractivity contribution < 1.29 is 5.11 Å². The van der Waals surface area contributed by atoms with Gasteiger partial charge in [0.2, 0.25) is 0 Å². The number of hydrogen-bond donors (Lipinski definition) is 1. The second kappa shape index (κ2) is 11.1. The number of rotatable bonds is 0. The normalized spacial score (nSPS) is 7.71. The fourth-order valence-electron chi connectivity index (χ4n) is 0. The molecule has 0 aliphatic rings. The van der Waals surface area contributed by atoms with Gasteiger partial charge in [0.25, 0.3) is 0 Å². The molecule has 0 aromatic heterocycles. The Morgan fingerprint density at radius 1 is 1.43 bits per heavy atom. The Balaban J connectivity index is 0.